The minimum Gasteiger partial charge on any atom is -0.311 e. The van der Waals surface area contributed by atoms with Crippen LogP contribution < -0.4 is 11.2 Å². The van der Waals surface area contributed by atoms with Crippen molar-refractivity contribution in [3.05, 3.63) is 67.0 Å². The van der Waals surface area contributed by atoms with E-state index in [1.165, 1.54) is 22.8 Å². The Kier molecular flexibility index (Phi) is 3.19. The summed E-state index contributed by atoms with van der Waals surface area (Å²) in [6, 6.07) is 5.64. The van der Waals surface area contributed by atoms with Crippen molar-refractivity contribution < 1.29 is 0 Å². The normalized spacial score (nSPS) is 10.6. The van der Waals surface area contributed by atoms with Gasteiger partial charge in [0.2, 0.25) is 0 Å². The molecule has 0 aliphatic rings. The van der Waals surface area contributed by atoms with Gasteiger partial charge in [-0.05, 0) is 37.5 Å². The van der Waals surface area contributed by atoms with Crippen molar-refractivity contribution in [2.24, 2.45) is 0 Å². The molecule has 0 amide bonds. The lowest BCUT2D eigenvalue weighted by atomic mass is 9.96. The summed E-state index contributed by atoms with van der Waals surface area (Å²) >= 11 is 0. The van der Waals surface area contributed by atoms with Crippen molar-refractivity contribution in [2.75, 3.05) is 0 Å². The first kappa shape index (κ1) is 12.4. The number of benzene rings is 1. The molecule has 1 aromatic heterocycles. The number of nitrogens with one attached hydrogen (secondary N) is 2. The molecule has 0 saturated carbocycles. The number of aromatic amines is 2. The van der Waals surface area contributed by atoms with Crippen LogP contribution in [0.5, 0.6) is 0 Å². The first-order valence-electron chi connectivity index (χ1n) is 5.85. The van der Waals surface area contributed by atoms with Gasteiger partial charge in [0.1, 0.15) is 0 Å². The Morgan fingerprint density at radius 1 is 0.944 bits per heavy atom. The molecule has 1 heterocycles. The van der Waals surface area contributed by atoms with Crippen molar-refractivity contribution in [2.45, 2.75) is 27.2 Å². The summed E-state index contributed by atoms with van der Waals surface area (Å²) in [5.74, 6) is 0. The van der Waals surface area contributed by atoms with Crippen LogP contribution in [0, 0.1) is 20.8 Å². The Labute approximate surface area is 105 Å². The summed E-state index contributed by atoms with van der Waals surface area (Å²) in [6.45, 7) is 6.14. The highest BCUT2D eigenvalue weighted by molar-refractivity contribution is 5.39. The molecule has 1 aromatic carbocycles. The SMILES string of the molecule is Cc1cc(C)c(Cc2cc(=O)[nH]c(=O)[nH]2)c(C)c1. The number of hydrogen-bond acceptors (Lipinski definition) is 2. The van der Waals surface area contributed by atoms with E-state index in [-0.39, 0.29) is 5.56 Å². The maximum Gasteiger partial charge on any atom is 0.325 e. The number of H-pyrrole nitrogens is 2. The van der Waals surface area contributed by atoms with Crippen LogP contribution >= 0.6 is 0 Å². The zero-order chi connectivity index (χ0) is 13.3. The van der Waals surface area contributed by atoms with E-state index in [1.807, 2.05) is 13.8 Å². The average molecular weight is 244 g/mol. The third kappa shape index (κ3) is 2.59. The van der Waals surface area contributed by atoms with Gasteiger partial charge in [-0.2, -0.15) is 0 Å². The molecule has 0 radical (unpaired) electrons. The van der Waals surface area contributed by atoms with Gasteiger partial charge in [0.05, 0.1) is 0 Å². The largest absolute Gasteiger partial charge is 0.325 e. The van der Waals surface area contributed by atoms with Crippen LogP contribution in [0.4, 0.5) is 0 Å². The van der Waals surface area contributed by atoms with E-state index in [4.69, 9.17) is 0 Å². The van der Waals surface area contributed by atoms with E-state index in [2.05, 4.69) is 29.0 Å². The first-order valence-corrected chi connectivity index (χ1v) is 5.85. The quantitative estimate of drug-likeness (QED) is 0.842. The maximum absolute atomic E-state index is 11.2. The van der Waals surface area contributed by atoms with Gasteiger partial charge in [0, 0.05) is 18.2 Å². The molecule has 0 aliphatic carbocycles. The second-order valence-electron chi connectivity index (χ2n) is 4.67. The molecule has 94 valence electrons. The third-order valence-electron chi connectivity index (χ3n) is 3.02. The minimum absolute atomic E-state index is 0.365. The van der Waals surface area contributed by atoms with Gasteiger partial charge in [0.15, 0.2) is 0 Å². The Bertz CT molecular complexity index is 644. The molecule has 2 rings (SSSR count). The standard InChI is InChI=1S/C14H16N2O2/c1-8-4-9(2)12(10(3)5-8)6-11-7-13(17)16-14(18)15-11/h4-5,7H,6H2,1-3H3,(H2,15,16,17,18). The van der Waals surface area contributed by atoms with Gasteiger partial charge in [-0.1, -0.05) is 17.7 Å². The van der Waals surface area contributed by atoms with Crippen LogP contribution in [-0.4, -0.2) is 9.97 Å². The molecule has 18 heavy (non-hydrogen) atoms. The summed E-state index contributed by atoms with van der Waals surface area (Å²) in [5.41, 5.74) is 4.53. The molecule has 2 N–H and O–H groups in total. The third-order valence-corrected chi connectivity index (χ3v) is 3.02. The van der Waals surface area contributed by atoms with Crippen LogP contribution in [0.1, 0.15) is 27.9 Å². The lowest BCUT2D eigenvalue weighted by Gasteiger charge is -2.11. The minimum atomic E-state index is -0.458. The van der Waals surface area contributed by atoms with E-state index in [9.17, 15) is 9.59 Å². The number of aryl methyl sites for hydroxylation is 3. The van der Waals surface area contributed by atoms with Crippen LogP contribution in [0.25, 0.3) is 0 Å². The molecule has 0 fully saturated rings. The molecule has 2 aromatic rings. The fourth-order valence-electron chi connectivity index (χ4n) is 2.29. The molecule has 0 unspecified atom stereocenters. The second-order valence-corrected chi connectivity index (χ2v) is 4.67. The highest BCUT2D eigenvalue weighted by Gasteiger charge is 2.06. The van der Waals surface area contributed by atoms with Crippen LogP contribution in [-0.2, 0) is 6.42 Å². The van der Waals surface area contributed by atoms with Crippen molar-refractivity contribution in [1.82, 2.24) is 9.97 Å². The maximum atomic E-state index is 11.2. The van der Waals surface area contributed by atoms with E-state index >= 15 is 0 Å². The zero-order valence-electron chi connectivity index (χ0n) is 10.8. The summed E-state index contributed by atoms with van der Waals surface area (Å²) in [4.78, 5) is 27.3. The Morgan fingerprint density at radius 3 is 2.11 bits per heavy atom. The molecule has 0 aliphatic heterocycles. The van der Waals surface area contributed by atoms with Crippen molar-refractivity contribution in [3.8, 4) is 0 Å². The Hall–Kier alpha value is -2.10. The van der Waals surface area contributed by atoms with Crippen LogP contribution in [0.15, 0.2) is 27.8 Å². The van der Waals surface area contributed by atoms with E-state index in [1.54, 1.807) is 0 Å². The Balaban J connectivity index is 2.46. The molecule has 0 spiro atoms. The number of aromatic nitrogens is 2. The van der Waals surface area contributed by atoms with Gasteiger partial charge >= 0.3 is 5.69 Å². The van der Waals surface area contributed by atoms with Gasteiger partial charge in [-0.25, -0.2) is 4.79 Å². The number of hydrogen-bond donors (Lipinski definition) is 2. The molecular weight excluding hydrogens is 228 g/mol. The summed E-state index contributed by atoms with van der Waals surface area (Å²) in [6.07, 6.45) is 0.567. The zero-order valence-corrected chi connectivity index (χ0v) is 10.8. The molecule has 0 saturated heterocycles. The van der Waals surface area contributed by atoms with Crippen molar-refractivity contribution in [1.29, 1.82) is 0 Å². The lowest BCUT2D eigenvalue weighted by molar-refractivity contribution is 0.943. The van der Waals surface area contributed by atoms with Gasteiger partial charge in [-0.3, -0.25) is 9.78 Å². The van der Waals surface area contributed by atoms with E-state index in [0.717, 1.165) is 5.56 Å². The smallest absolute Gasteiger partial charge is 0.311 e. The Morgan fingerprint density at radius 2 is 1.56 bits per heavy atom. The van der Waals surface area contributed by atoms with Crippen molar-refractivity contribution in [3.63, 3.8) is 0 Å². The second kappa shape index (κ2) is 4.64. The number of rotatable bonds is 2. The first-order chi connectivity index (χ1) is 8.45. The monoisotopic (exact) mass is 244 g/mol. The van der Waals surface area contributed by atoms with Crippen molar-refractivity contribution >= 4 is 0 Å². The topological polar surface area (TPSA) is 65.7 Å². The molecule has 0 atom stereocenters. The van der Waals surface area contributed by atoms with Gasteiger partial charge in [-0.15, -0.1) is 0 Å². The molecular formula is C14H16N2O2. The van der Waals surface area contributed by atoms with Crippen LogP contribution in [0.3, 0.4) is 0 Å². The summed E-state index contributed by atoms with van der Waals surface area (Å²) < 4.78 is 0. The predicted molar refractivity (Wildman–Crippen MR) is 71.1 cm³/mol. The molecule has 0 bridgehead atoms. The van der Waals surface area contributed by atoms with Crippen LogP contribution in [0.2, 0.25) is 0 Å². The molecule has 4 heteroatoms. The molecule has 4 nitrogen and oxygen atoms in total. The van der Waals surface area contributed by atoms with Gasteiger partial charge in [0.25, 0.3) is 5.56 Å². The average Bonchev–Trinajstić information content (AvgIpc) is 2.22. The lowest BCUT2D eigenvalue weighted by Crippen LogP contribution is -2.23. The fraction of sp³-hybridized carbons (Fsp3) is 0.286. The fourth-order valence-corrected chi connectivity index (χ4v) is 2.29. The highest BCUT2D eigenvalue weighted by atomic mass is 16.2. The van der Waals surface area contributed by atoms with E-state index < -0.39 is 5.69 Å². The highest BCUT2D eigenvalue weighted by Crippen LogP contribution is 2.18. The van der Waals surface area contributed by atoms with E-state index in [0.29, 0.717) is 12.1 Å². The van der Waals surface area contributed by atoms with Gasteiger partial charge < -0.3 is 4.98 Å². The summed E-state index contributed by atoms with van der Waals surface area (Å²) in [7, 11) is 0. The predicted octanol–water partition coefficient (Wildman–Crippen LogP) is 1.58. The summed E-state index contributed by atoms with van der Waals surface area (Å²) in [5, 5.41) is 0.